The lowest BCUT2D eigenvalue weighted by Crippen LogP contribution is -2.37. The minimum atomic E-state index is -0.382. The monoisotopic (exact) mass is 553 g/mol. The summed E-state index contributed by atoms with van der Waals surface area (Å²) >= 11 is 0. The quantitative estimate of drug-likeness (QED) is 0.116. The zero-order valence-electron chi connectivity index (χ0n) is 18.8. The summed E-state index contributed by atoms with van der Waals surface area (Å²) in [5, 5.41) is 17.3. The van der Waals surface area contributed by atoms with Crippen LogP contribution in [0.3, 0.4) is 0 Å². The first-order chi connectivity index (χ1) is 14.9. The number of aryl methyl sites for hydroxylation is 1. The number of guanidine groups is 1. The third-order valence-electron chi connectivity index (χ3n) is 4.70. The summed E-state index contributed by atoms with van der Waals surface area (Å²) in [5.74, 6) is 0.741. The van der Waals surface area contributed by atoms with E-state index in [2.05, 4.69) is 15.6 Å². The van der Waals surface area contributed by atoms with Crippen molar-refractivity contribution in [3.05, 3.63) is 75.3 Å². The van der Waals surface area contributed by atoms with E-state index >= 15 is 0 Å². The van der Waals surface area contributed by atoms with Crippen molar-refractivity contribution in [2.45, 2.75) is 32.7 Å². The van der Waals surface area contributed by atoms with Crippen molar-refractivity contribution in [3.63, 3.8) is 0 Å². The Balaban J connectivity index is 0.00000512. The van der Waals surface area contributed by atoms with Crippen LogP contribution in [-0.4, -0.2) is 48.9 Å². The Bertz CT molecular complexity index is 884. The molecule has 0 heterocycles. The average Bonchev–Trinajstić information content (AvgIpc) is 2.77. The molecular formula is C23H32IN5O3. The average molecular weight is 553 g/mol. The smallest absolute Gasteiger partial charge is 0.269 e. The molecule has 2 N–H and O–H groups in total. The second-order valence-corrected chi connectivity index (χ2v) is 7.40. The molecule has 0 saturated heterocycles. The predicted molar refractivity (Wildman–Crippen MR) is 139 cm³/mol. The minimum absolute atomic E-state index is 0. The van der Waals surface area contributed by atoms with E-state index in [-0.39, 0.29) is 40.5 Å². The van der Waals surface area contributed by atoms with Gasteiger partial charge >= 0.3 is 0 Å². The molecule has 9 heteroatoms. The van der Waals surface area contributed by atoms with Gasteiger partial charge in [-0.3, -0.25) is 14.9 Å². The number of nitro benzene ring substituents is 1. The number of benzene rings is 2. The summed E-state index contributed by atoms with van der Waals surface area (Å²) in [7, 11) is 3.47. The molecule has 0 aliphatic heterocycles. The van der Waals surface area contributed by atoms with Gasteiger partial charge in [0.2, 0.25) is 0 Å². The number of carbonyl (C=O) groups is 1. The largest absolute Gasteiger partial charge is 0.357 e. The number of nitro groups is 1. The van der Waals surface area contributed by atoms with Crippen LogP contribution in [0.2, 0.25) is 0 Å². The van der Waals surface area contributed by atoms with Crippen molar-refractivity contribution in [1.29, 1.82) is 0 Å². The Morgan fingerprint density at radius 1 is 1.00 bits per heavy atom. The highest BCUT2D eigenvalue weighted by atomic mass is 127. The summed E-state index contributed by atoms with van der Waals surface area (Å²) in [4.78, 5) is 28.5. The second kappa shape index (κ2) is 14.4. The maximum absolute atomic E-state index is 12.0. The highest BCUT2D eigenvalue weighted by Gasteiger charge is 2.07. The lowest BCUT2D eigenvalue weighted by atomic mass is 10.1. The fourth-order valence-corrected chi connectivity index (χ4v) is 2.97. The number of nitrogens with zero attached hydrogens (tertiary/aromatic N) is 3. The molecule has 0 aliphatic rings. The number of unbranched alkanes of at least 4 members (excludes halogenated alkanes) is 1. The normalized spacial score (nSPS) is 10.8. The van der Waals surface area contributed by atoms with Gasteiger partial charge in [-0.05, 0) is 49.4 Å². The fourth-order valence-electron chi connectivity index (χ4n) is 2.97. The highest BCUT2D eigenvalue weighted by molar-refractivity contribution is 14.0. The summed E-state index contributed by atoms with van der Waals surface area (Å²) in [6.07, 6.45) is 2.82. The Labute approximate surface area is 206 Å². The molecule has 0 spiro atoms. The number of rotatable bonds is 10. The molecule has 1 amide bonds. The molecule has 0 aliphatic carbocycles. The molecule has 2 aromatic rings. The van der Waals surface area contributed by atoms with Gasteiger partial charge in [-0.25, -0.2) is 4.99 Å². The zero-order valence-corrected chi connectivity index (χ0v) is 21.2. The first-order valence-corrected chi connectivity index (χ1v) is 10.5. The Morgan fingerprint density at radius 2 is 1.62 bits per heavy atom. The number of hydrogen-bond acceptors (Lipinski definition) is 4. The number of carbonyl (C=O) groups excluding carboxylic acids is 1. The lowest BCUT2D eigenvalue weighted by Gasteiger charge is -2.12. The van der Waals surface area contributed by atoms with Gasteiger partial charge < -0.3 is 15.5 Å². The van der Waals surface area contributed by atoms with Crippen molar-refractivity contribution >= 4 is 41.5 Å². The van der Waals surface area contributed by atoms with Crippen LogP contribution in [0.4, 0.5) is 5.69 Å². The van der Waals surface area contributed by atoms with Gasteiger partial charge in [0, 0.05) is 44.9 Å². The molecule has 0 aromatic heterocycles. The van der Waals surface area contributed by atoms with E-state index in [1.807, 2.05) is 43.3 Å². The molecule has 0 saturated carbocycles. The molecule has 0 radical (unpaired) electrons. The second-order valence-electron chi connectivity index (χ2n) is 7.40. The van der Waals surface area contributed by atoms with E-state index in [9.17, 15) is 14.9 Å². The van der Waals surface area contributed by atoms with Crippen LogP contribution in [0.5, 0.6) is 0 Å². The van der Waals surface area contributed by atoms with E-state index in [0.717, 1.165) is 49.4 Å². The maximum atomic E-state index is 12.0. The summed E-state index contributed by atoms with van der Waals surface area (Å²) < 4.78 is 0. The van der Waals surface area contributed by atoms with Crippen LogP contribution in [0.15, 0.2) is 53.5 Å². The van der Waals surface area contributed by atoms with Crippen molar-refractivity contribution in [2.24, 2.45) is 4.99 Å². The van der Waals surface area contributed by atoms with Gasteiger partial charge in [0.25, 0.3) is 11.6 Å². The molecule has 32 heavy (non-hydrogen) atoms. The van der Waals surface area contributed by atoms with E-state index < -0.39 is 0 Å². The number of nitrogens with one attached hydrogen (secondary N) is 2. The van der Waals surface area contributed by atoms with Crippen LogP contribution in [0.1, 0.15) is 41.3 Å². The molecule has 8 nitrogen and oxygen atoms in total. The Morgan fingerprint density at radius 3 is 2.19 bits per heavy atom. The van der Waals surface area contributed by atoms with Crippen molar-refractivity contribution in [1.82, 2.24) is 15.5 Å². The topological polar surface area (TPSA) is 99.9 Å². The predicted octanol–water partition coefficient (Wildman–Crippen LogP) is 3.99. The number of hydrogen-bond donors (Lipinski definition) is 2. The van der Waals surface area contributed by atoms with Crippen molar-refractivity contribution < 1.29 is 9.72 Å². The molecule has 0 bridgehead atoms. The molecule has 2 rings (SSSR count). The summed E-state index contributed by atoms with van der Waals surface area (Å²) in [6.45, 7) is 4.10. The molecule has 174 valence electrons. The SMILES string of the molecule is CCNC(=NCc1ccc(C(=O)N(C)C)cc1)NCCCCc1ccc([N+](=O)[O-])cc1.I. The number of halogens is 1. The maximum Gasteiger partial charge on any atom is 0.269 e. The summed E-state index contributed by atoms with van der Waals surface area (Å²) in [6, 6.07) is 14.2. The molecule has 0 atom stereocenters. The van der Waals surface area contributed by atoms with Gasteiger partial charge in [0.05, 0.1) is 11.5 Å². The van der Waals surface area contributed by atoms with Gasteiger partial charge in [0.15, 0.2) is 5.96 Å². The third kappa shape index (κ3) is 9.21. The molecule has 0 fully saturated rings. The standard InChI is InChI=1S/C23H31N5O3.HI/c1-4-24-23(26-17-19-8-12-20(13-9-19)22(29)27(2)3)25-16-6-5-7-18-10-14-21(15-11-18)28(30)31;/h8-15H,4-7,16-17H2,1-3H3,(H2,24,25,26);1H. The molecule has 2 aromatic carbocycles. The third-order valence-corrected chi connectivity index (χ3v) is 4.70. The van der Waals surface area contributed by atoms with Gasteiger partial charge in [-0.2, -0.15) is 0 Å². The number of amides is 1. The van der Waals surface area contributed by atoms with Crippen LogP contribution < -0.4 is 10.6 Å². The van der Waals surface area contributed by atoms with Gasteiger partial charge in [0.1, 0.15) is 0 Å². The zero-order chi connectivity index (χ0) is 22.6. The Kier molecular flexibility index (Phi) is 12.3. The van der Waals surface area contributed by atoms with Crippen LogP contribution in [0.25, 0.3) is 0 Å². The van der Waals surface area contributed by atoms with Crippen LogP contribution in [-0.2, 0) is 13.0 Å². The number of non-ortho nitro benzene ring substituents is 1. The van der Waals surface area contributed by atoms with Crippen LogP contribution in [0, 0.1) is 10.1 Å². The summed E-state index contributed by atoms with van der Waals surface area (Å²) in [5.41, 5.74) is 2.92. The fraction of sp³-hybridized carbons (Fsp3) is 0.391. The Hall–Kier alpha value is -2.69. The van der Waals surface area contributed by atoms with E-state index in [1.54, 1.807) is 31.1 Å². The van der Waals surface area contributed by atoms with Gasteiger partial charge in [-0.15, -0.1) is 24.0 Å². The van der Waals surface area contributed by atoms with Crippen molar-refractivity contribution in [3.8, 4) is 0 Å². The highest BCUT2D eigenvalue weighted by Crippen LogP contribution is 2.13. The van der Waals surface area contributed by atoms with E-state index in [1.165, 1.54) is 0 Å². The van der Waals surface area contributed by atoms with E-state index in [0.29, 0.717) is 12.1 Å². The van der Waals surface area contributed by atoms with Crippen molar-refractivity contribution in [2.75, 3.05) is 27.2 Å². The van der Waals surface area contributed by atoms with Gasteiger partial charge in [-0.1, -0.05) is 24.3 Å². The van der Waals surface area contributed by atoms with Crippen LogP contribution >= 0.6 is 24.0 Å². The first kappa shape index (κ1) is 27.3. The first-order valence-electron chi connectivity index (χ1n) is 10.5. The molecular weight excluding hydrogens is 521 g/mol. The molecule has 0 unspecified atom stereocenters. The van der Waals surface area contributed by atoms with E-state index in [4.69, 9.17) is 0 Å². The minimum Gasteiger partial charge on any atom is -0.357 e. The number of aliphatic imine (C=N–C) groups is 1. The lowest BCUT2D eigenvalue weighted by molar-refractivity contribution is -0.384.